The molecule has 0 amide bonds. The molecule has 2 rings (SSSR count). The molecule has 3 unspecified atom stereocenters. The number of unbranched alkanes of at least 4 members (excludes halogenated alkanes) is 23. The molecule has 68 heavy (non-hydrogen) atoms. The average Bonchev–Trinajstić information content (AvgIpc) is 3.43. The molecule has 2 bridgehead atoms. The summed E-state index contributed by atoms with van der Waals surface area (Å²) < 4.78 is 41.8. The van der Waals surface area contributed by atoms with Crippen LogP contribution in [0, 0.1) is 16.7 Å². The zero-order chi connectivity index (χ0) is 49.8. The maximum Gasteiger partial charge on any atom is 0.306 e. The van der Waals surface area contributed by atoms with Crippen LogP contribution in [-0.2, 0) is 33.9 Å². The van der Waals surface area contributed by atoms with Gasteiger partial charge in [0.25, 0.3) is 0 Å². The first-order valence-electron chi connectivity index (χ1n) is 29.5. The Labute approximate surface area is 420 Å². The molecule has 0 aromatic heterocycles. The molecule has 0 aromatic rings. The quantitative estimate of drug-likeness (QED) is 0.0473. The highest BCUT2D eigenvalue weighted by atomic mass is 32.2. The van der Waals surface area contributed by atoms with Crippen molar-refractivity contribution >= 4 is 27.7 Å². The van der Waals surface area contributed by atoms with Gasteiger partial charge in [-0.05, 0) is 127 Å². The Morgan fingerprint density at radius 1 is 0.574 bits per heavy atom. The molecule has 1 N–H and O–H groups in total. The maximum absolute atomic E-state index is 13.5. The highest BCUT2D eigenvalue weighted by Gasteiger charge is 2.62. The fraction of sp³-hybridized carbons (Fsp3) is 0.948. The van der Waals surface area contributed by atoms with Gasteiger partial charge in [0.2, 0.25) is 10.0 Å². The van der Waals surface area contributed by atoms with Gasteiger partial charge in [-0.1, -0.05) is 176 Å². The van der Waals surface area contributed by atoms with Crippen LogP contribution in [0.5, 0.6) is 0 Å². The van der Waals surface area contributed by atoms with Crippen molar-refractivity contribution in [3.05, 3.63) is 0 Å². The molecular formula is C58H110N2O7S. The molecule has 3 atom stereocenters. The summed E-state index contributed by atoms with van der Waals surface area (Å²) in [7, 11) is -3.60. The lowest BCUT2D eigenvalue weighted by Gasteiger charge is -2.46. The molecule has 10 heteroatoms. The second-order valence-corrected chi connectivity index (χ2v) is 24.0. The van der Waals surface area contributed by atoms with E-state index in [1.165, 1.54) is 96.3 Å². The molecule has 0 radical (unpaired) electrons. The molecular weight excluding hydrogens is 869 g/mol. The second kappa shape index (κ2) is 38.1. The van der Waals surface area contributed by atoms with Gasteiger partial charge in [-0.2, -0.15) is 0 Å². The third kappa shape index (κ3) is 26.8. The smallest absolute Gasteiger partial charge is 0.306 e. The number of Topliss-reactive ketones (excluding diaryl/α,β-unsaturated/α-hetero) is 1. The highest BCUT2D eigenvalue weighted by molar-refractivity contribution is 7.89. The molecule has 9 nitrogen and oxygen atoms in total. The lowest BCUT2D eigenvalue weighted by molar-refractivity contribution is -0.150. The molecule has 2 fully saturated rings. The minimum atomic E-state index is -3.60. The van der Waals surface area contributed by atoms with Gasteiger partial charge in [0.05, 0.1) is 5.75 Å². The highest BCUT2D eigenvalue weighted by Crippen LogP contribution is 2.62. The Hall–Kier alpha value is -1.52. The van der Waals surface area contributed by atoms with E-state index in [9.17, 15) is 22.8 Å². The summed E-state index contributed by atoms with van der Waals surface area (Å²) in [6, 6.07) is 0. The van der Waals surface area contributed by atoms with Gasteiger partial charge < -0.3 is 14.4 Å². The first-order valence-corrected chi connectivity index (χ1v) is 31.1. The third-order valence-electron chi connectivity index (χ3n) is 16.2. The van der Waals surface area contributed by atoms with Crippen LogP contribution >= 0.6 is 0 Å². The maximum atomic E-state index is 13.5. The topological polar surface area (TPSA) is 119 Å². The van der Waals surface area contributed by atoms with Crippen LogP contribution in [0.2, 0.25) is 0 Å². The zero-order valence-corrected chi connectivity index (χ0v) is 46.4. The zero-order valence-electron chi connectivity index (χ0n) is 45.6. The summed E-state index contributed by atoms with van der Waals surface area (Å²) in [5, 5.41) is 0. The van der Waals surface area contributed by atoms with Crippen molar-refractivity contribution in [1.29, 1.82) is 0 Å². The van der Waals surface area contributed by atoms with E-state index in [-0.39, 0.29) is 41.1 Å². The van der Waals surface area contributed by atoms with Crippen molar-refractivity contribution in [1.82, 2.24) is 9.62 Å². The molecule has 0 spiro atoms. The number of nitrogens with zero attached hydrogens (tertiary/aromatic N) is 1. The van der Waals surface area contributed by atoms with E-state index in [2.05, 4.69) is 51.2 Å². The Bertz CT molecular complexity index is 1390. The molecule has 0 saturated heterocycles. The van der Waals surface area contributed by atoms with E-state index >= 15 is 0 Å². The molecule has 0 aliphatic heterocycles. The van der Waals surface area contributed by atoms with Gasteiger partial charge in [0.1, 0.15) is 18.0 Å². The number of nitrogens with one attached hydrogen (secondary N) is 1. The van der Waals surface area contributed by atoms with E-state index in [1.807, 2.05) is 0 Å². The van der Waals surface area contributed by atoms with Crippen LogP contribution in [0.15, 0.2) is 0 Å². The molecule has 0 aromatic carbocycles. The van der Waals surface area contributed by atoms with E-state index < -0.39 is 15.4 Å². The van der Waals surface area contributed by atoms with Crippen molar-refractivity contribution in [2.45, 2.75) is 304 Å². The molecule has 0 heterocycles. The number of carbonyl (C=O) groups excluding carboxylic acids is 3. The number of carbonyl (C=O) groups is 3. The standard InChI is InChI=1S/C58H110N2O7S/c1-7-11-14-17-22-29-37-52(10-4)66-55(62)40-32-25-20-27-34-47-60(49-36-46-59-68(64,65)50-58-45-44-51(57(58,5)6)42-43-54(58)61)48-35-28-21-26-33-41-56(63)67-53(38-30-23-18-15-12-8-2)39-31-24-19-16-13-9-3/h51-53,59H,7-50H2,1-6H3. The number of fused-ring (bicyclic) bond motifs is 2. The summed E-state index contributed by atoms with van der Waals surface area (Å²) in [5.74, 6) is 0.421. The third-order valence-corrected chi connectivity index (χ3v) is 17.8. The Morgan fingerprint density at radius 2 is 0.985 bits per heavy atom. The van der Waals surface area contributed by atoms with Gasteiger partial charge in [0.15, 0.2) is 0 Å². The van der Waals surface area contributed by atoms with Crippen molar-refractivity contribution in [2.24, 2.45) is 16.7 Å². The van der Waals surface area contributed by atoms with Crippen LogP contribution in [0.1, 0.15) is 292 Å². The van der Waals surface area contributed by atoms with E-state index in [0.29, 0.717) is 38.1 Å². The number of sulfonamides is 1. The summed E-state index contributed by atoms with van der Waals surface area (Å²) in [4.78, 5) is 41.3. The van der Waals surface area contributed by atoms with E-state index in [4.69, 9.17) is 9.47 Å². The number of ether oxygens (including phenoxy) is 2. The fourth-order valence-electron chi connectivity index (χ4n) is 11.4. The van der Waals surface area contributed by atoms with Crippen LogP contribution in [0.4, 0.5) is 0 Å². The molecule has 400 valence electrons. The van der Waals surface area contributed by atoms with Crippen molar-refractivity contribution in [2.75, 3.05) is 31.9 Å². The number of rotatable bonds is 47. The Kier molecular flexibility index (Phi) is 35.1. The molecule has 2 saturated carbocycles. The SMILES string of the molecule is CCCCCCCCC(CC)OC(=O)CCCCCCCN(CCCCCCCC(=O)OC(CCCCCCCC)CCCCCCCC)CCCNS(=O)(=O)CC12CCC(CCC1=O)C2(C)C. The van der Waals surface area contributed by atoms with Crippen molar-refractivity contribution in [3.8, 4) is 0 Å². The fourth-order valence-corrected chi connectivity index (χ4v) is 13.3. The summed E-state index contributed by atoms with van der Waals surface area (Å²) >= 11 is 0. The lowest BCUT2D eigenvalue weighted by Crippen LogP contribution is -2.52. The Balaban J connectivity index is 1.78. The summed E-state index contributed by atoms with van der Waals surface area (Å²) in [5.41, 5.74) is -1.04. The second-order valence-electron chi connectivity index (χ2n) is 22.2. The van der Waals surface area contributed by atoms with Crippen LogP contribution in [-0.4, -0.2) is 75.2 Å². The summed E-state index contributed by atoms with van der Waals surface area (Å²) in [6.07, 6.45) is 41.8. The van der Waals surface area contributed by atoms with Gasteiger partial charge in [-0.25, -0.2) is 13.1 Å². The first-order chi connectivity index (χ1) is 32.8. The Morgan fingerprint density at radius 3 is 1.47 bits per heavy atom. The predicted molar refractivity (Wildman–Crippen MR) is 285 cm³/mol. The molecule has 2 aliphatic rings. The van der Waals surface area contributed by atoms with Gasteiger partial charge >= 0.3 is 11.9 Å². The lowest BCUT2D eigenvalue weighted by atomic mass is 9.58. The molecule has 2 aliphatic carbocycles. The summed E-state index contributed by atoms with van der Waals surface area (Å²) in [6.45, 7) is 16.3. The normalized spacial score (nSPS) is 18.5. The van der Waals surface area contributed by atoms with Gasteiger partial charge in [-0.3, -0.25) is 14.4 Å². The van der Waals surface area contributed by atoms with Gasteiger partial charge in [0, 0.05) is 31.2 Å². The minimum Gasteiger partial charge on any atom is -0.462 e. The van der Waals surface area contributed by atoms with Gasteiger partial charge in [-0.15, -0.1) is 0 Å². The monoisotopic (exact) mass is 979 g/mol. The van der Waals surface area contributed by atoms with Crippen LogP contribution < -0.4 is 4.72 Å². The minimum absolute atomic E-state index is 0.0150. The van der Waals surface area contributed by atoms with E-state index in [0.717, 1.165) is 148 Å². The number of hydrogen-bond acceptors (Lipinski definition) is 8. The number of ketones is 1. The van der Waals surface area contributed by atoms with Crippen molar-refractivity contribution in [3.63, 3.8) is 0 Å². The first kappa shape index (κ1) is 62.6. The number of esters is 2. The van der Waals surface area contributed by atoms with Crippen LogP contribution in [0.3, 0.4) is 0 Å². The van der Waals surface area contributed by atoms with E-state index in [1.54, 1.807) is 0 Å². The van der Waals surface area contributed by atoms with Crippen LogP contribution in [0.25, 0.3) is 0 Å². The number of hydrogen-bond donors (Lipinski definition) is 1. The largest absolute Gasteiger partial charge is 0.462 e. The van der Waals surface area contributed by atoms with Crippen molar-refractivity contribution < 1.29 is 32.3 Å². The average molecular weight is 980 g/mol. The predicted octanol–water partition coefficient (Wildman–Crippen LogP) is 15.5.